The van der Waals surface area contributed by atoms with E-state index >= 15 is 0 Å². The maximum absolute atomic E-state index is 6.33. The SMILES string of the molecule is NC(Cc1ccc2ccccc2n1)CC1CCSCC1. The lowest BCUT2D eigenvalue weighted by atomic mass is 9.92. The molecule has 20 heavy (non-hydrogen) atoms. The van der Waals surface area contributed by atoms with Gasteiger partial charge >= 0.3 is 0 Å². The van der Waals surface area contributed by atoms with Gasteiger partial charge in [-0.2, -0.15) is 11.8 Å². The lowest BCUT2D eigenvalue weighted by molar-refractivity contribution is 0.405. The Morgan fingerprint density at radius 3 is 2.80 bits per heavy atom. The molecule has 1 aliphatic rings. The zero-order valence-corrected chi connectivity index (χ0v) is 12.6. The van der Waals surface area contributed by atoms with E-state index in [0.29, 0.717) is 0 Å². The van der Waals surface area contributed by atoms with Gasteiger partial charge < -0.3 is 5.73 Å². The fourth-order valence-electron chi connectivity index (χ4n) is 2.98. The van der Waals surface area contributed by atoms with E-state index in [1.54, 1.807) is 0 Å². The van der Waals surface area contributed by atoms with Gasteiger partial charge in [-0.25, -0.2) is 0 Å². The van der Waals surface area contributed by atoms with Gasteiger partial charge in [0.25, 0.3) is 0 Å². The van der Waals surface area contributed by atoms with E-state index in [1.807, 2.05) is 6.07 Å². The number of benzene rings is 1. The first-order valence-electron chi connectivity index (χ1n) is 7.49. The van der Waals surface area contributed by atoms with Crippen molar-refractivity contribution < 1.29 is 0 Å². The average molecular weight is 286 g/mol. The van der Waals surface area contributed by atoms with E-state index in [2.05, 4.69) is 42.1 Å². The first kappa shape index (κ1) is 13.9. The number of nitrogens with zero attached hydrogens (tertiary/aromatic N) is 1. The van der Waals surface area contributed by atoms with Crippen LogP contribution in [0.1, 0.15) is 25.0 Å². The summed E-state index contributed by atoms with van der Waals surface area (Å²) in [5.74, 6) is 3.45. The standard InChI is InChI=1S/C17H22N2S/c18-15(11-13-7-9-20-10-8-13)12-16-6-5-14-3-1-2-4-17(14)19-16/h1-6,13,15H,7-12,18H2. The Balaban J connectivity index is 1.62. The summed E-state index contributed by atoms with van der Waals surface area (Å²) in [6.45, 7) is 0. The van der Waals surface area contributed by atoms with E-state index in [1.165, 1.54) is 29.7 Å². The first-order valence-corrected chi connectivity index (χ1v) is 8.65. The van der Waals surface area contributed by atoms with Crippen LogP contribution in [0.4, 0.5) is 0 Å². The summed E-state index contributed by atoms with van der Waals surface area (Å²) in [6, 6.07) is 12.8. The van der Waals surface area contributed by atoms with Gasteiger partial charge in [0.05, 0.1) is 5.52 Å². The van der Waals surface area contributed by atoms with Crippen LogP contribution in [-0.4, -0.2) is 22.5 Å². The molecule has 2 N–H and O–H groups in total. The normalized spacial score (nSPS) is 18.2. The van der Waals surface area contributed by atoms with E-state index in [4.69, 9.17) is 10.7 Å². The molecule has 1 aromatic heterocycles. The van der Waals surface area contributed by atoms with Crippen LogP contribution in [0.5, 0.6) is 0 Å². The van der Waals surface area contributed by atoms with Crippen molar-refractivity contribution in [2.45, 2.75) is 31.7 Å². The second kappa shape index (κ2) is 6.59. The zero-order chi connectivity index (χ0) is 13.8. The molecule has 0 radical (unpaired) electrons. The molecule has 1 saturated heterocycles. The number of hydrogen-bond donors (Lipinski definition) is 1. The highest BCUT2D eigenvalue weighted by Gasteiger charge is 2.17. The minimum Gasteiger partial charge on any atom is -0.327 e. The molecule has 106 valence electrons. The van der Waals surface area contributed by atoms with Gasteiger partial charge in [0.2, 0.25) is 0 Å². The van der Waals surface area contributed by atoms with Gasteiger partial charge in [-0.3, -0.25) is 4.98 Å². The molecule has 3 heteroatoms. The van der Waals surface area contributed by atoms with Crippen LogP contribution >= 0.6 is 11.8 Å². The number of hydrogen-bond acceptors (Lipinski definition) is 3. The van der Waals surface area contributed by atoms with Gasteiger partial charge in [-0.1, -0.05) is 24.3 Å². The number of rotatable bonds is 4. The average Bonchev–Trinajstić information content (AvgIpc) is 2.48. The first-order chi connectivity index (χ1) is 9.81. The summed E-state index contributed by atoms with van der Waals surface area (Å²) in [5, 5.41) is 1.20. The molecule has 0 bridgehead atoms. The van der Waals surface area contributed by atoms with Crippen molar-refractivity contribution in [2.75, 3.05) is 11.5 Å². The molecule has 3 rings (SSSR count). The van der Waals surface area contributed by atoms with Gasteiger partial charge in [0.1, 0.15) is 0 Å². The van der Waals surface area contributed by atoms with Crippen LogP contribution in [0.2, 0.25) is 0 Å². The van der Waals surface area contributed by atoms with Gasteiger partial charge in [-0.05, 0) is 48.8 Å². The predicted molar refractivity (Wildman–Crippen MR) is 88.1 cm³/mol. The van der Waals surface area contributed by atoms with Crippen molar-refractivity contribution in [3.05, 3.63) is 42.1 Å². The van der Waals surface area contributed by atoms with Crippen LogP contribution in [0.15, 0.2) is 36.4 Å². The Hall–Kier alpha value is -1.06. The summed E-state index contributed by atoms with van der Waals surface area (Å²) in [5.41, 5.74) is 8.54. The number of aromatic nitrogens is 1. The largest absolute Gasteiger partial charge is 0.327 e. The van der Waals surface area contributed by atoms with Crippen LogP contribution in [0.3, 0.4) is 0 Å². The lowest BCUT2D eigenvalue weighted by Crippen LogP contribution is -2.28. The molecule has 1 fully saturated rings. The summed E-state index contributed by atoms with van der Waals surface area (Å²) >= 11 is 2.08. The lowest BCUT2D eigenvalue weighted by Gasteiger charge is -2.24. The Morgan fingerprint density at radius 2 is 1.95 bits per heavy atom. The molecule has 2 heterocycles. The topological polar surface area (TPSA) is 38.9 Å². The second-order valence-electron chi connectivity index (χ2n) is 5.75. The third-order valence-electron chi connectivity index (χ3n) is 4.10. The highest BCUT2D eigenvalue weighted by Crippen LogP contribution is 2.26. The van der Waals surface area contributed by atoms with E-state index in [-0.39, 0.29) is 6.04 Å². The van der Waals surface area contributed by atoms with Crippen LogP contribution in [0.25, 0.3) is 10.9 Å². The quantitative estimate of drug-likeness (QED) is 0.932. The Morgan fingerprint density at radius 1 is 1.15 bits per heavy atom. The Bertz CT molecular complexity index is 564. The molecule has 1 unspecified atom stereocenters. The maximum Gasteiger partial charge on any atom is 0.0705 e. The predicted octanol–water partition coefficient (Wildman–Crippen LogP) is 3.64. The molecule has 1 aliphatic heterocycles. The Kier molecular flexibility index (Phi) is 4.58. The number of nitrogens with two attached hydrogens (primary N) is 1. The van der Waals surface area contributed by atoms with Gasteiger partial charge in [-0.15, -0.1) is 0 Å². The van der Waals surface area contributed by atoms with Crippen molar-refractivity contribution >= 4 is 22.7 Å². The monoisotopic (exact) mass is 286 g/mol. The zero-order valence-electron chi connectivity index (χ0n) is 11.8. The van der Waals surface area contributed by atoms with Crippen molar-refractivity contribution in [2.24, 2.45) is 11.7 Å². The van der Waals surface area contributed by atoms with E-state index in [0.717, 1.165) is 30.0 Å². The maximum atomic E-state index is 6.33. The number of para-hydroxylation sites is 1. The molecular formula is C17H22N2S. The third-order valence-corrected chi connectivity index (χ3v) is 5.15. The molecule has 2 aromatic rings. The van der Waals surface area contributed by atoms with E-state index < -0.39 is 0 Å². The minimum absolute atomic E-state index is 0.247. The smallest absolute Gasteiger partial charge is 0.0705 e. The second-order valence-corrected chi connectivity index (χ2v) is 6.98. The summed E-state index contributed by atoms with van der Waals surface area (Å²) in [4.78, 5) is 4.72. The molecule has 2 nitrogen and oxygen atoms in total. The van der Waals surface area contributed by atoms with Crippen molar-refractivity contribution in [3.8, 4) is 0 Å². The Labute approximate surface area is 125 Å². The minimum atomic E-state index is 0.247. The van der Waals surface area contributed by atoms with Gasteiger partial charge in [0.15, 0.2) is 0 Å². The fraction of sp³-hybridized carbons (Fsp3) is 0.471. The number of fused-ring (bicyclic) bond motifs is 1. The van der Waals surface area contributed by atoms with E-state index in [9.17, 15) is 0 Å². The molecule has 0 spiro atoms. The summed E-state index contributed by atoms with van der Waals surface area (Å²) < 4.78 is 0. The van der Waals surface area contributed by atoms with Crippen molar-refractivity contribution in [1.29, 1.82) is 0 Å². The van der Waals surface area contributed by atoms with Gasteiger partial charge in [0, 0.05) is 23.5 Å². The highest BCUT2D eigenvalue weighted by atomic mass is 32.2. The third kappa shape index (κ3) is 3.53. The van der Waals surface area contributed by atoms with Crippen LogP contribution in [0, 0.1) is 5.92 Å². The molecule has 0 aliphatic carbocycles. The fourth-order valence-corrected chi connectivity index (χ4v) is 4.19. The molecule has 0 amide bonds. The molecule has 1 atom stereocenters. The molecular weight excluding hydrogens is 264 g/mol. The van der Waals surface area contributed by atoms with Crippen LogP contribution in [-0.2, 0) is 6.42 Å². The van der Waals surface area contributed by atoms with Crippen molar-refractivity contribution in [3.63, 3.8) is 0 Å². The number of pyridine rings is 1. The highest BCUT2D eigenvalue weighted by molar-refractivity contribution is 7.99. The summed E-state index contributed by atoms with van der Waals surface area (Å²) in [7, 11) is 0. The number of thioether (sulfide) groups is 1. The summed E-state index contributed by atoms with van der Waals surface area (Å²) in [6.07, 6.45) is 4.72. The van der Waals surface area contributed by atoms with Crippen molar-refractivity contribution in [1.82, 2.24) is 4.98 Å². The van der Waals surface area contributed by atoms with Crippen LogP contribution < -0.4 is 5.73 Å². The molecule has 1 aromatic carbocycles. The molecule has 0 saturated carbocycles.